The van der Waals surface area contributed by atoms with Gasteiger partial charge in [-0.3, -0.25) is 4.57 Å². The van der Waals surface area contributed by atoms with Gasteiger partial charge in [0, 0.05) is 5.56 Å². The first-order chi connectivity index (χ1) is 7.70. The van der Waals surface area contributed by atoms with Gasteiger partial charge in [-0.25, -0.2) is 4.39 Å². The Labute approximate surface area is 94.6 Å². The molecule has 8 heteroatoms. The first kappa shape index (κ1) is 14.2. The van der Waals surface area contributed by atoms with E-state index in [-0.39, 0.29) is 5.56 Å². The van der Waals surface area contributed by atoms with Gasteiger partial charge in [0.05, 0.1) is 6.61 Å². The van der Waals surface area contributed by atoms with Crippen molar-refractivity contribution in [3.63, 3.8) is 0 Å². The Balaban J connectivity index is 2.62. The molecule has 0 saturated heterocycles. The van der Waals surface area contributed by atoms with Gasteiger partial charge in [-0.15, -0.1) is 0 Å². The maximum absolute atomic E-state index is 13.0. The van der Waals surface area contributed by atoms with E-state index in [1.165, 1.54) is 18.2 Å². The summed E-state index contributed by atoms with van der Waals surface area (Å²) in [6.45, 7) is -0.684. The lowest BCUT2D eigenvalue weighted by atomic mass is 10.2. The van der Waals surface area contributed by atoms with Crippen LogP contribution in [0.1, 0.15) is 5.56 Å². The molecule has 0 spiro atoms. The third kappa shape index (κ3) is 5.30. The highest BCUT2D eigenvalue weighted by molar-refractivity contribution is 7.52. The fourth-order valence-corrected chi connectivity index (χ4v) is 1.94. The quantitative estimate of drug-likeness (QED) is 0.676. The molecule has 96 valence electrons. The molecule has 0 aliphatic carbocycles. The van der Waals surface area contributed by atoms with Crippen molar-refractivity contribution in [3.05, 3.63) is 35.6 Å². The molecular weight excluding hydrogens is 263 g/mol. The lowest BCUT2D eigenvalue weighted by molar-refractivity contribution is -0.109. The van der Waals surface area contributed by atoms with Crippen molar-refractivity contribution in [3.8, 4) is 0 Å². The van der Waals surface area contributed by atoms with Crippen molar-refractivity contribution in [2.45, 2.75) is 12.8 Å². The zero-order valence-corrected chi connectivity index (χ0v) is 9.34. The number of benzene rings is 1. The zero-order valence-electron chi connectivity index (χ0n) is 8.45. The monoisotopic (exact) mass is 272 g/mol. The molecule has 1 atom stereocenters. The fraction of sp³-hybridized carbons (Fsp3) is 0.333. The molecule has 0 saturated carbocycles. The highest BCUT2D eigenvalue weighted by Gasteiger charge is 2.39. The molecule has 0 bridgehead atoms. The molecule has 17 heavy (non-hydrogen) atoms. The summed E-state index contributed by atoms with van der Waals surface area (Å²) in [4.78, 5) is 8.89. The second kappa shape index (κ2) is 5.16. The predicted molar refractivity (Wildman–Crippen MR) is 51.9 cm³/mol. The minimum absolute atomic E-state index is 0.0797. The maximum Gasteiger partial charge on any atom is 0.400 e. The second-order valence-electron chi connectivity index (χ2n) is 3.28. The molecule has 0 amide bonds. The first-order valence-electron chi connectivity index (χ1n) is 4.46. The maximum atomic E-state index is 13.0. The van der Waals surface area contributed by atoms with E-state index >= 15 is 0 Å². The summed E-state index contributed by atoms with van der Waals surface area (Å²) in [5, 5.41) is 0. The van der Waals surface area contributed by atoms with Gasteiger partial charge in [-0.05, 0) is 6.07 Å². The van der Waals surface area contributed by atoms with Crippen LogP contribution in [0.3, 0.4) is 0 Å². The van der Waals surface area contributed by atoms with Gasteiger partial charge in [-0.1, -0.05) is 18.2 Å². The van der Waals surface area contributed by atoms with Crippen LogP contribution in [0.15, 0.2) is 24.3 Å². The smallest absolute Gasteiger partial charge is 0.324 e. The Bertz CT molecular complexity index is 432. The largest absolute Gasteiger partial charge is 0.400 e. The molecule has 0 aliphatic rings. The van der Waals surface area contributed by atoms with Crippen LogP contribution in [0.25, 0.3) is 0 Å². The van der Waals surface area contributed by atoms with Gasteiger partial charge < -0.3 is 9.42 Å². The summed E-state index contributed by atoms with van der Waals surface area (Å²) in [6.07, 6.45) is -6.76. The molecule has 0 aliphatic heterocycles. The molecule has 0 aromatic heterocycles. The molecule has 0 fully saturated rings. The molecular formula is C9H9F4O3P. The second-order valence-corrected chi connectivity index (χ2v) is 5.12. The molecule has 1 N–H and O–H groups in total. The molecule has 1 unspecified atom stereocenters. The van der Waals surface area contributed by atoms with Crippen molar-refractivity contribution >= 4 is 7.60 Å². The van der Waals surface area contributed by atoms with Crippen LogP contribution in [0.5, 0.6) is 0 Å². The van der Waals surface area contributed by atoms with Crippen LogP contribution in [0, 0.1) is 5.82 Å². The Morgan fingerprint density at radius 2 is 1.88 bits per heavy atom. The molecule has 3 nitrogen and oxygen atoms in total. The molecule has 1 aromatic rings. The SMILES string of the molecule is O=P(O)(CC(F)(F)F)OCc1ccccc1F. The number of rotatable bonds is 4. The topological polar surface area (TPSA) is 46.5 Å². The molecule has 1 aromatic carbocycles. The van der Waals surface area contributed by atoms with E-state index in [1.807, 2.05) is 0 Å². The van der Waals surface area contributed by atoms with E-state index in [2.05, 4.69) is 4.52 Å². The number of hydrogen-bond acceptors (Lipinski definition) is 2. The highest BCUT2D eigenvalue weighted by atomic mass is 31.2. The van der Waals surface area contributed by atoms with Gasteiger partial charge >= 0.3 is 13.8 Å². The fourth-order valence-electron chi connectivity index (χ4n) is 1.06. The summed E-state index contributed by atoms with van der Waals surface area (Å²) >= 11 is 0. The Kier molecular flexibility index (Phi) is 4.30. The van der Waals surface area contributed by atoms with Crippen molar-refractivity contribution in [2.75, 3.05) is 6.16 Å². The van der Waals surface area contributed by atoms with E-state index in [4.69, 9.17) is 4.89 Å². The minimum Gasteiger partial charge on any atom is -0.324 e. The van der Waals surface area contributed by atoms with Crippen LogP contribution >= 0.6 is 7.60 Å². The van der Waals surface area contributed by atoms with Crippen molar-refractivity contribution in [2.24, 2.45) is 0 Å². The Hall–Kier alpha value is -0.910. The van der Waals surface area contributed by atoms with E-state index in [0.717, 1.165) is 6.07 Å². The minimum atomic E-state index is -4.81. The van der Waals surface area contributed by atoms with Gasteiger partial charge in [-0.2, -0.15) is 13.2 Å². The van der Waals surface area contributed by atoms with Gasteiger partial charge in [0.15, 0.2) is 0 Å². The lowest BCUT2D eigenvalue weighted by Crippen LogP contribution is -2.15. The summed E-state index contributed by atoms with van der Waals surface area (Å²) in [5.41, 5.74) is -0.0797. The highest BCUT2D eigenvalue weighted by Crippen LogP contribution is 2.47. The zero-order chi connectivity index (χ0) is 13.1. The first-order valence-corrected chi connectivity index (χ1v) is 6.22. The normalized spacial score (nSPS) is 15.6. The van der Waals surface area contributed by atoms with Gasteiger partial charge in [0.25, 0.3) is 0 Å². The van der Waals surface area contributed by atoms with Crippen LogP contribution in [0.4, 0.5) is 17.6 Å². The van der Waals surface area contributed by atoms with Crippen molar-refractivity contribution in [1.29, 1.82) is 0 Å². The summed E-state index contributed by atoms with van der Waals surface area (Å²) < 4.78 is 63.9. The molecule has 0 radical (unpaired) electrons. The number of halogens is 4. The summed E-state index contributed by atoms with van der Waals surface area (Å²) in [6, 6.07) is 5.15. The average Bonchev–Trinajstić information content (AvgIpc) is 2.13. The van der Waals surface area contributed by atoms with E-state index in [1.54, 1.807) is 0 Å². The van der Waals surface area contributed by atoms with Crippen LogP contribution in [-0.4, -0.2) is 17.2 Å². The standard InChI is InChI=1S/C9H9F4O3P/c10-8-4-2-1-3-7(8)5-16-17(14,15)6-9(11,12)13/h1-4H,5-6H2,(H,14,15). The molecule has 1 rings (SSSR count). The predicted octanol–water partition coefficient (Wildman–Crippen LogP) is 3.09. The van der Waals surface area contributed by atoms with E-state index < -0.39 is 32.4 Å². The van der Waals surface area contributed by atoms with Gasteiger partial charge in [0.2, 0.25) is 0 Å². The Morgan fingerprint density at radius 3 is 2.41 bits per heavy atom. The lowest BCUT2D eigenvalue weighted by Gasteiger charge is -2.14. The van der Waals surface area contributed by atoms with E-state index in [9.17, 15) is 22.1 Å². The van der Waals surface area contributed by atoms with Crippen LogP contribution in [0.2, 0.25) is 0 Å². The third-order valence-electron chi connectivity index (χ3n) is 1.76. The average molecular weight is 272 g/mol. The van der Waals surface area contributed by atoms with E-state index in [0.29, 0.717) is 0 Å². The summed E-state index contributed by atoms with van der Waals surface area (Å²) in [7, 11) is -4.79. The summed E-state index contributed by atoms with van der Waals surface area (Å²) in [5.74, 6) is -0.709. The number of hydrogen-bond donors (Lipinski definition) is 1. The Morgan fingerprint density at radius 1 is 1.29 bits per heavy atom. The van der Waals surface area contributed by atoms with Crippen LogP contribution < -0.4 is 0 Å². The third-order valence-corrected chi connectivity index (χ3v) is 3.05. The van der Waals surface area contributed by atoms with Crippen LogP contribution in [-0.2, 0) is 15.7 Å². The molecule has 0 heterocycles. The number of alkyl halides is 3. The van der Waals surface area contributed by atoms with Gasteiger partial charge in [0.1, 0.15) is 12.0 Å². The van der Waals surface area contributed by atoms with Crippen molar-refractivity contribution in [1.82, 2.24) is 0 Å². The van der Waals surface area contributed by atoms with Crippen molar-refractivity contribution < 1.29 is 31.5 Å².